The van der Waals surface area contributed by atoms with Gasteiger partial charge in [0.15, 0.2) is 11.5 Å². The Labute approximate surface area is 137 Å². The molecule has 3 nitrogen and oxygen atoms in total. The van der Waals surface area contributed by atoms with Crippen LogP contribution in [0.25, 0.3) is 10.1 Å². The van der Waals surface area contributed by atoms with Crippen LogP contribution >= 0.6 is 22.9 Å². The van der Waals surface area contributed by atoms with E-state index in [0.717, 1.165) is 10.1 Å². The van der Waals surface area contributed by atoms with Crippen molar-refractivity contribution in [3.05, 3.63) is 58.4 Å². The molecule has 1 heterocycles. The van der Waals surface area contributed by atoms with Crippen molar-refractivity contribution in [3.63, 3.8) is 0 Å². The molecular formula is C17H13ClO3S. The highest BCUT2D eigenvalue weighted by Crippen LogP contribution is 2.36. The number of benzene rings is 2. The van der Waals surface area contributed by atoms with Gasteiger partial charge in [0.25, 0.3) is 0 Å². The SMILES string of the molecule is CCOc1ccccc1OC(=O)c1sc2ccccc2c1Cl. The van der Waals surface area contributed by atoms with E-state index in [2.05, 4.69) is 0 Å². The Morgan fingerprint density at radius 1 is 1.09 bits per heavy atom. The van der Waals surface area contributed by atoms with Gasteiger partial charge in [-0.15, -0.1) is 11.3 Å². The second kappa shape index (κ2) is 6.38. The maximum atomic E-state index is 12.4. The van der Waals surface area contributed by atoms with Gasteiger partial charge in [0.2, 0.25) is 0 Å². The van der Waals surface area contributed by atoms with Gasteiger partial charge in [-0.05, 0) is 25.1 Å². The summed E-state index contributed by atoms with van der Waals surface area (Å²) in [4.78, 5) is 12.8. The second-order valence-corrected chi connectivity index (χ2v) is 5.94. The van der Waals surface area contributed by atoms with Gasteiger partial charge < -0.3 is 9.47 Å². The van der Waals surface area contributed by atoms with Gasteiger partial charge in [-0.2, -0.15) is 0 Å². The zero-order chi connectivity index (χ0) is 15.5. The summed E-state index contributed by atoms with van der Waals surface area (Å²) in [5.74, 6) is 0.455. The minimum Gasteiger partial charge on any atom is -0.490 e. The van der Waals surface area contributed by atoms with E-state index in [1.807, 2.05) is 37.3 Å². The van der Waals surface area contributed by atoms with Crippen LogP contribution in [0, 0.1) is 0 Å². The smallest absolute Gasteiger partial charge is 0.355 e. The zero-order valence-corrected chi connectivity index (χ0v) is 13.4. The molecule has 1 aromatic heterocycles. The van der Waals surface area contributed by atoms with Crippen molar-refractivity contribution >= 4 is 39.0 Å². The minimum atomic E-state index is -0.474. The fourth-order valence-electron chi connectivity index (χ4n) is 2.10. The Bertz CT molecular complexity index is 826. The summed E-state index contributed by atoms with van der Waals surface area (Å²) in [7, 11) is 0. The number of halogens is 1. The van der Waals surface area contributed by atoms with Gasteiger partial charge >= 0.3 is 5.97 Å². The van der Waals surface area contributed by atoms with E-state index in [0.29, 0.717) is 28.0 Å². The Hall–Kier alpha value is -2.04. The highest BCUT2D eigenvalue weighted by molar-refractivity contribution is 7.21. The summed E-state index contributed by atoms with van der Waals surface area (Å²) >= 11 is 7.62. The maximum Gasteiger partial charge on any atom is 0.355 e. The van der Waals surface area contributed by atoms with Gasteiger partial charge in [-0.25, -0.2) is 4.79 Å². The highest BCUT2D eigenvalue weighted by atomic mass is 35.5. The van der Waals surface area contributed by atoms with Crippen LogP contribution in [0.15, 0.2) is 48.5 Å². The first-order valence-electron chi connectivity index (χ1n) is 6.81. The predicted octanol–water partition coefficient (Wildman–Crippen LogP) is 5.17. The normalized spacial score (nSPS) is 10.6. The van der Waals surface area contributed by atoms with Crippen LogP contribution in [0.4, 0.5) is 0 Å². The topological polar surface area (TPSA) is 35.5 Å². The zero-order valence-electron chi connectivity index (χ0n) is 11.8. The van der Waals surface area contributed by atoms with Gasteiger partial charge in [-0.1, -0.05) is 41.9 Å². The first-order chi connectivity index (χ1) is 10.7. The van der Waals surface area contributed by atoms with Crippen LogP contribution in [0.3, 0.4) is 0 Å². The van der Waals surface area contributed by atoms with Gasteiger partial charge in [-0.3, -0.25) is 0 Å². The molecule has 0 N–H and O–H groups in total. The molecule has 0 aliphatic rings. The van der Waals surface area contributed by atoms with Crippen LogP contribution < -0.4 is 9.47 Å². The van der Waals surface area contributed by atoms with Crippen LogP contribution in [0.2, 0.25) is 5.02 Å². The molecule has 0 saturated heterocycles. The molecule has 0 aliphatic heterocycles. The van der Waals surface area contributed by atoms with Crippen LogP contribution in [-0.4, -0.2) is 12.6 Å². The van der Waals surface area contributed by atoms with E-state index in [4.69, 9.17) is 21.1 Å². The number of thiophene rings is 1. The van der Waals surface area contributed by atoms with Gasteiger partial charge in [0.05, 0.1) is 11.6 Å². The number of esters is 1. The van der Waals surface area contributed by atoms with Crippen molar-refractivity contribution in [2.45, 2.75) is 6.92 Å². The lowest BCUT2D eigenvalue weighted by Crippen LogP contribution is -2.08. The molecule has 0 saturated carbocycles. The molecule has 3 aromatic rings. The number of hydrogen-bond donors (Lipinski definition) is 0. The van der Waals surface area contributed by atoms with E-state index in [1.165, 1.54) is 11.3 Å². The number of para-hydroxylation sites is 2. The molecule has 0 radical (unpaired) electrons. The second-order valence-electron chi connectivity index (χ2n) is 4.51. The van der Waals surface area contributed by atoms with Crippen molar-refractivity contribution in [3.8, 4) is 11.5 Å². The van der Waals surface area contributed by atoms with Crippen molar-refractivity contribution in [2.75, 3.05) is 6.61 Å². The van der Waals surface area contributed by atoms with E-state index >= 15 is 0 Å². The molecule has 0 bridgehead atoms. The van der Waals surface area contributed by atoms with Crippen LogP contribution in [0.1, 0.15) is 16.6 Å². The third-order valence-electron chi connectivity index (χ3n) is 3.07. The number of ether oxygens (including phenoxy) is 2. The summed E-state index contributed by atoms with van der Waals surface area (Å²) in [5, 5.41) is 1.29. The average molecular weight is 333 g/mol. The lowest BCUT2D eigenvalue weighted by Gasteiger charge is -2.09. The monoisotopic (exact) mass is 332 g/mol. The molecular weight excluding hydrogens is 320 g/mol. The lowest BCUT2D eigenvalue weighted by molar-refractivity contribution is 0.0734. The number of hydrogen-bond acceptors (Lipinski definition) is 4. The fraction of sp³-hybridized carbons (Fsp3) is 0.118. The predicted molar refractivity (Wildman–Crippen MR) is 89.4 cm³/mol. The Morgan fingerprint density at radius 3 is 2.50 bits per heavy atom. The van der Waals surface area contributed by atoms with E-state index in [-0.39, 0.29) is 0 Å². The van der Waals surface area contributed by atoms with Gasteiger partial charge in [0, 0.05) is 10.1 Å². The first-order valence-corrected chi connectivity index (χ1v) is 8.01. The van der Waals surface area contributed by atoms with Crippen molar-refractivity contribution in [1.82, 2.24) is 0 Å². The Morgan fingerprint density at radius 2 is 1.77 bits per heavy atom. The summed E-state index contributed by atoms with van der Waals surface area (Å²) in [6.45, 7) is 2.37. The third kappa shape index (κ3) is 2.80. The number of carbonyl (C=O) groups is 1. The minimum absolute atomic E-state index is 0.392. The van der Waals surface area contributed by atoms with Crippen molar-refractivity contribution in [1.29, 1.82) is 0 Å². The van der Waals surface area contributed by atoms with Crippen LogP contribution in [0.5, 0.6) is 11.5 Å². The third-order valence-corrected chi connectivity index (χ3v) is 4.73. The molecule has 0 fully saturated rings. The standard InChI is InChI=1S/C17H13ClO3S/c1-2-20-12-8-4-5-9-13(12)21-17(19)16-15(18)11-7-3-6-10-14(11)22-16/h3-10H,2H2,1H3. The quantitative estimate of drug-likeness (QED) is 0.488. The fourth-order valence-corrected chi connectivity index (χ4v) is 3.49. The summed E-state index contributed by atoms with van der Waals surface area (Å²) < 4.78 is 11.9. The molecule has 3 rings (SSSR count). The maximum absolute atomic E-state index is 12.4. The Kier molecular flexibility index (Phi) is 4.32. The number of rotatable bonds is 4. The highest BCUT2D eigenvalue weighted by Gasteiger charge is 2.20. The summed E-state index contributed by atoms with van der Waals surface area (Å²) in [6.07, 6.45) is 0. The van der Waals surface area contributed by atoms with Crippen molar-refractivity contribution < 1.29 is 14.3 Å². The first kappa shape index (κ1) is 14.9. The molecule has 112 valence electrons. The molecule has 0 atom stereocenters. The number of carbonyl (C=O) groups excluding carboxylic acids is 1. The number of fused-ring (bicyclic) bond motifs is 1. The van der Waals surface area contributed by atoms with E-state index < -0.39 is 5.97 Å². The molecule has 22 heavy (non-hydrogen) atoms. The van der Waals surface area contributed by atoms with E-state index in [9.17, 15) is 4.79 Å². The summed E-state index contributed by atoms with van der Waals surface area (Å²) in [6, 6.07) is 14.7. The van der Waals surface area contributed by atoms with Crippen LogP contribution in [-0.2, 0) is 0 Å². The molecule has 0 unspecified atom stereocenters. The summed E-state index contributed by atoms with van der Waals surface area (Å²) in [5.41, 5.74) is 0. The van der Waals surface area contributed by atoms with Crippen molar-refractivity contribution in [2.24, 2.45) is 0 Å². The van der Waals surface area contributed by atoms with Gasteiger partial charge in [0.1, 0.15) is 4.88 Å². The average Bonchev–Trinajstić information content (AvgIpc) is 2.87. The lowest BCUT2D eigenvalue weighted by atomic mass is 10.2. The largest absolute Gasteiger partial charge is 0.490 e. The van der Waals surface area contributed by atoms with E-state index in [1.54, 1.807) is 18.2 Å². The molecule has 2 aromatic carbocycles. The Balaban J connectivity index is 1.92. The molecule has 0 amide bonds. The molecule has 0 aliphatic carbocycles. The molecule has 0 spiro atoms. The molecule has 5 heteroatoms.